The van der Waals surface area contributed by atoms with Crippen molar-refractivity contribution in [2.24, 2.45) is 7.05 Å². The fraction of sp³-hybridized carbons (Fsp3) is 0.412. The van der Waals surface area contributed by atoms with Crippen LogP contribution in [0.25, 0.3) is 0 Å². The molecule has 5 nitrogen and oxygen atoms in total. The van der Waals surface area contributed by atoms with Crippen molar-refractivity contribution in [3.63, 3.8) is 0 Å². The predicted octanol–water partition coefficient (Wildman–Crippen LogP) is 2.32. The van der Waals surface area contributed by atoms with Crippen LogP contribution in [-0.2, 0) is 12.5 Å². The molecular weight excluding hydrogens is 297 g/mol. The summed E-state index contributed by atoms with van der Waals surface area (Å²) >= 11 is 0. The van der Waals surface area contributed by atoms with E-state index in [4.69, 9.17) is 0 Å². The van der Waals surface area contributed by atoms with Gasteiger partial charge in [-0.15, -0.1) is 0 Å². The standard InChI is InChI=1S/C17H22FN3O2/c1-17(2,3)15-12(10-21(4)20-15)16(23)19-9-14(22)11-7-5-6-8-13(11)18/h5-8,10,14,22H,9H2,1-4H3,(H,19,23). The normalized spacial score (nSPS) is 13.0. The summed E-state index contributed by atoms with van der Waals surface area (Å²) in [5.74, 6) is -0.829. The van der Waals surface area contributed by atoms with Gasteiger partial charge in [0.25, 0.3) is 5.91 Å². The van der Waals surface area contributed by atoms with Gasteiger partial charge in [0, 0.05) is 30.8 Å². The number of aliphatic hydroxyl groups excluding tert-OH is 1. The molecule has 1 amide bonds. The van der Waals surface area contributed by atoms with Gasteiger partial charge in [0.2, 0.25) is 0 Å². The van der Waals surface area contributed by atoms with E-state index in [1.54, 1.807) is 30.1 Å². The van der Waals surface area contributed by atoms with Gasteiger partial charge >= 0.3 is 0 Å². The third kappa shape index (κ3) is 3.96. The fourth-order valence-electron chi connectivity index (χ4n) is 2.35. The number of rotatable bonds is 4. The Kier molecular flexibility index (Phi) is 4.85. The summed E-state index contributed by atoms with van der Waals surface area (Å²) in [5.41, 5.74) is 1.02. The first kappa shape index (κ1) is 17.1. The van der Waals surface area contributed by atoms with Crippen molar-refractivity contribution in [3.05, 3.63) is 53.1 Å². The van der Waals surface area contributed by atoms with Crippen LogP contribution >= 0.6 is 0 Å². The van der Waals surface area contributed by atoms with Gasteiger partial charge in [-0.25, -0.2) is 4.39 Å². The average molecular weight is 319 g/mol. The number of nitrogens with zero attached hydrogens (tertiary/aromatic N) is 2. The second-order valence-corrected chi connectivity index (χ2v) is 6.56. The number of benzene rings is 1. The molecule has 1 aromatic carbocycles. The SMILES string of the molecule is Cn1cc(C(=O)NCC(O)c2ccccc2F)c(C(C)(C)C)n1. The highest BCUT2D eigenvalue weighted by Crippen LogP contribution is 2.24. The molecule has 2 rings (SSSR count). The Labute approximate surface area is 135 Å². The zero-order valence-corrected chi connectivity index (χ0v) is 13.8. The van der Waals surface area contributed by atoms with Gasteiger partial charge in [-0.2, -0.15) is 5.10 Å². The maximum absolute atomic E-state index is 13.6. The highest BCUT2D eigenvalue weighted by Gasteiger charge is 2.26. The number of aromatic nitrogens is 2. The molecule has 1 atom stereocenters. The molecular formula is C17H22FN3O2. The van der Waals surface area contributed by atoms with E-state index in [1.807, 2.05) is 20.8 Å². The van der Waals surface area contributed by atoms with Crippen LogP contribution in [0.2, 0.25) is 0 Å². The van der Waals surface area contributed by atoms with Crippen molar-refractivity contribution < 1.29 is 14.3 Å². The van der Waals surface area contributed by atoms with Crippen molar-refractivity contribution >= 4 is 5.91 Å². The average Bonchev–Trinajstić information content (AvgIpc) is 2.87. The molecule has 0 saturated carbocycles. The number of hydrogen-bond donors (Lipinski definition) is 2. The van der Waals surface area contributed by atoms with E-state index >= 15 is 0 Å². The van der Waals surface area contributed by atoms with Gasteiger partial charge in [-0.1, -0.05) is 39.0 Å². The lowest BCUT2D eigenvalue weighted by Crippen LogP contribution is -2.30. The number of aryl methyl sites for hydroxylation is 1. The van der Waals surface area contributed by atoms with Crippen LogP contribution in [0, 0.1) is 5.82 Å². The largest absolute Gasteiger partial charge is 0.386 e. The summed E-state index contributed by atoms with van der Waals surface area (Å²) in [6, 6.07) is 5.97. The van der Waals surface area contributed by atoms with Crippen LogP contribution in [0.3, 0.4) is 0 Å². The molecule has 1 unspecified atom stereocenters. The first-order chi connectivity index (χ1) is 10.7. The summed E-state index contributed by atoms with van der Waals surface area (Å²) < 4.78 is 15.2. The lowest BCUT2D eigenvalue weighted by atomic mass is 9.89. The van der Waals surface area contributed by atoms with Crippen LogP contribution in [0.1, 0.15) is 48.5 Å². The second kappa shape index (κ2) is 6.50. The van der Waals surface area contributed by atoms with Gasteiger partial charge in [0.15, 0.2) is 0 Å². The quantitative estimate of drug-likeness (QED) is 0.909. The molecule has 0 fully saturated rings. The number of aliphatic hydroxyl groups is 1. The van der Waals surface area contributed by atoms with E-state index in [0.29, 0.717) is 11.3 Å². The minimum absolute atomic E-state index is 0.0712. The number of carbonyl (C=O) groups is 1. The number of nitrogens with one attached hydrogen (secondary N) is 1. The predicted molar refractivity (Wildman–Crippen MR) is 85.6 cm³/mol. The van der Waals surface area contributed by atoms with Crippen LogP contribution in [-0.4, -0.2) is 27.3 Å². The number of carbonyl (C=O) groups excluding carboxylic acids is 1. The van der Waals surface area contributed by atoms with E-state index in [2.05, 4.69) is 10.4 Å². The van der Waals surface area contributed by atoms with Crippen molar-refractivity contribution in [2.75, 3.05) is 6.54 Å². The number of amides is 1. The molecule has 124 valence electrons. The molecule has 0 aliphatic rings. The lowest BCUT2D eigenvalue weighted by Gasteiger charge is -2.18. The van der Waals surface area contributed by atoms with Crippen molar-refractivity contribution in [1.82, 2.24) is 15.1 Å². The molecule has 0 aliphatic carbocycles. The monoisotopic (exact) mass is 319 g/mol. The van der Waals surface area contributed by atoms with E-state index in [1.165, 1.54) is 12.1 Å². The number of hydrogen-bond acceptors (Lipinski definition) is 3. The molecule has 0 radical (unpaired) electrons. The molecule has 0 spiro atoms. The van der Waals surface area contributed by atoms with Crippen LogP contribution < -0.4 is 5.32 Å². The van der Waals surface area contributed by atoms with Gasteiger partial charge < -0.3 is 10.4 Å². The highest BCUT2D eigenvalue weighted by molar-refractivity contribution is 5.95. The minimum atomic E-state index is -1.10. The summed E-state index contributed by atoms with van der Waals surface area (Å²) in [6.45, 7) is 5.85. The molecule has 2 aromatic rings. The van der Waals surface area contributed by atoms with E-state index in [0.717, 1.165) is 0 Å². The molecule has 0 bridgehead atoms. The Morgan fingerprint density at radius 1 is 1.39 bits per heavy atom. The van der Waals surface area contributed by atoms with Gasteiger partial charge in [0.1, 0.15) is 5.82 Å². The third-order valence-electron chi connectivity index (χ3n) is 3.50. The molecule has 23 heavy (non-hydrogen) atoms. The second-order valence-electron chi connectivity index (χ2n) is 6.56. The Morgan fingerprint density at radius 2 is 2.04 bits per heavy atom. The maximum Gasteiger partial charge on any atom is 0.254 e. The Bertz CT molecular complexity index is 704. The fourth-order valence-corrected chi connectivity index (χ4v) is 2.35. The lowest BCUT2D eigenvalue weighted by molar-refractivity contribution is 0.0912. The summed E-state index contributed by atoms with van der Waals surface area (Å²) in [7, 11) is 1.75. The summed E-state index contributed by atoms with van der Waals surface area (Å²) in [5, 5.41) is 17.0. The van der Waals surface area contributed by atoms with Crippen LogP contribution in [0.4, 0.5) is 4.39 Å². The van der Waals surface area contributed by atoms with E-state index in [-0.39, 0.29) is 23.4 Å². The van der Waals surface area contributed by atoms with Crippen LogP contribution in [0.15, 0.2) is 30.5 Å². The minimum Gasteiger partial charge on any atom is -0.386 e. The van der Waals surface area contributed by atoms with Gasteiger partial charge in [0.05, 0.1) is 17.4 Å². The van der Waals surface area contributed by atoms with Gasteiger partial charge in [-0.3, -0.25) is 9.48 Å². The van der Waals surface area contributed by atoms with E-state index < -0.39 is 11.9 Å². The molecule has 0 saturated heterocycles. The Hall–Kier alpha value is -2.21. The molecule has 6 heteroatoms. The smallest absolute Gasteiger partial charge is 0.254 e. The summed E-state index contributed by atoms with van der Waals surface area (Å²) in [6.07, 6.45) is 0.542. The van der Waals surface area contributed by atoms with Crippen molar-refractivity contribution in [1.29, 1.82) is 0 Å². The Morgan fingerprint density at radius 3 is 2.65 bits per heavy atom. The zero-order valence-electron chi connectivity index (χ0n) is 13.8. The van der Waals surface area contributed by atoms with Crippen LogP contribution in [0.5, 0.6) is 0 Å². The highest BCUT2D eigenvalue weighted by atomic mass is 19.1. The van der Waals surface area contributed by atoms with E-state index in [9.17, 15) is 14.3 Å². The first-order valence-corrected chi connectivity index (χ1v) is 7.45. The molecule has 2 N–H and O–H groups in total. The van der Waals surface area contributed by atoms with Gasteiger partial charge in [-0.05, 0) is 6.07 Å². The third-order valence-corrected chi connectivity index (χ3v) is 3.50. The zero-order chi connectivity index (χ0) is 17.2. The van der Waals surface area contributed by atoms with Crippen molar-refractivity contribution in [3.8, 4) is 0 Å². The molecule has 1 heterocycles. The number of halogens is 1. The van der Waals surface area contributed by atoms with Crippen molar-refractivity contribution in [2.45, 2.75) is 32.3 Å². The summed E-state index contributed by atoms with van der Waals surface area (Å²) in [4.78, 5) is 12.4. The first-order valence-electron chi connectivity index (χ1n) is 7.45. The maximum atomic E-state index is 13.6. The Balaban J connectivity index is 2.10. The topological polar surface area (TPSA) is 67.2 Å². The molecule has 1 aromatic heterocycles. The molecule has 0 aliphatic heterocycles.